The molecular formula is C24H32F2N4O3S. The number of ether oxygens (including phenoxy) is 1. The summed E-state index contributed by atoms with van der Waals surface area (Å²) in [4.78, 5) is 28.3. The van der Waals surface area contributed by atoms with Crippen LogP contribution in [0.1, 0.15) is 56.0 Å². The SMILES string of the molecule is CC1(C)c2[nH]nc(NC(=O)C3(S(C)(C)C)CCC3)c2CN1C(=O)[C@H](OC(F)F)c1ccccc1. The van der Waals surface area contributed by atoms with Gasteiger partial charge in [-0.25, -0.2) is 10.0 Å². The average Bonchev–Trinajstić information content (AvgIpc) is 3.22. The minimum Gasteiger partial charge on any atom is -0.325 e. The van der Waals surface area contributed by atoms with Gasteiger partial charge in [0.25, 0.3) is 5.91 Å². The van der Waals surface area contributed by atoms with Crippen molar-refractivity contribution in [2.24, 2.45) is 0 Å². The molecule has 10 heteroatoms. The van der Waals surface area contributed by atoms with Crippen LogP contribution in [0.3, 0.4) is 0 Å². The molecule has 0 bridgehead atoms. The van der Waals surface area contributed by atoms with Gasteiger partial charge in [0.15, 0.2) is 11.9 Å². The van der Waals surface area contributed by atoms with E-state index in [1.54, 1.807) is 30.3 Å². The number of anilines is 1. The molecule has 1 saturated carbocycles. The molecule has 1 aromatic carbocycles. The lowest BCUT2D eigenvalue weighted by Gasteiger charge is -2.53. The fourth-order valence-electron chi connectivity index (χ4n) is 4.96. The number of halogens is 2. The third-order valence-electron chi connectivity index (χ3n) is 7.28. The minimum atomic E-state index is -3.10. The zero-order chi connectivity index (χ0) is 24.9. The fourth-order valence-corrected chi connectivity index (χ4v) is 7.08. The van der Waals surface area contributed by atoms with Gasteiger partial charge in [-0.1, -0.05) is 30.3 Å². The molecular weight excluding hydrogens is 462 g/mol. The van der Waals surface area contributed by atoms with Crippen molar-refractivity contribution in [3.05, 3.63) is 47.2 Å². The Labute approximate surface area is 199 Å². The molecule has 2 N–H and O–H groups in total. The first-order valence-corrected chi connectivity index (χ1v) is 14.1. The van der Waals surface area contributed by atoms with E-state index in [1.165, 1.54) is 4.90 Å². The van der Waals surface area contributed by atoms with E-state index in [0.717, 1.165) is 19.3 Å². The Kier molecular flexibility index (Phi) is 6.27. The molecule has 0 saturated heterocycles. The maximum Gasteiger partial charge on any atom is 0.346 e. The molecule has 2 aromatic rings. The number of carbonyl (C=O) groups excluding carboxylic acids is 2. The first-order valence-electron chi connectivity index (χ1n) is 11.3. The van der Waals surface area contributed by atoms with Gasteiger partial charge >= 0.3 is 6.61 Å². The predicted molar refractivity (Wildman–Crippen MR) is 129 cm³/mol. The second kappa shape index (κ2) is 8.64. The smallest absolute Gasteiger partial charge is 0.325 e. The summed E-state index contributed by atoms with van der Waals surface area (Å²) in [6, 6.07) is 8.27. The summed E-state index contributed by atoms with van der Waals surface area (Å²) in [5, 5.41) is 10.3. The number of amides is 2. The lowest BCUT2D eigenvalue weighted by atomic mass is 9.83. The quantitative estimate of drug-likeness (QED) is 0.592. The summed E-state index contributed by atoms with van der Waals surface area (Å²) in [6.45, 7) is 0.654. The number of aromatic amines is 1. The molecule has 1 aliphatic carbocycles. The summed E-state index contributed by atoms with van der Waals surface area (Å²) < 4.78 is 30.8. The molecule has 186 valence electrons. The number of H-pyrrole nitrogens is 1. The van der Waals surface area contributed by atoms with Crippen molar-refractivity contribution in [3.63, 3.8) is 0 Å². The van der Waals surface area contributed by atoms with Crippen molar-refractivity contribution in [1.29, 1.82) is 0 Å². The maximum atomic E-state index is 13.5. The number of benzene rings is 1. The number of rotatable bonds is 7. The molecule has 0 unspecified atom stereocenters. The summed E-state index contributed by atoms with van der Waals surface area (Å²) in [7, 11) is -1.15. The lowest BCUT2D eigenvalue weighted by molar-refractivity contribution is -0.187. The summed E-state index contributed by atoms with van der Waals surface area (Å²) in [6.07, 6.45) is 7.73. The van der Waals surface area contributed by atoms with E-state index in [9.17, 15) is 18.4 Å². The number of carbonyl (C=O) groups is 2. The summed E-state index contributed by atoms with van der Waals surface area (Å²) >= 11 is 0. The Hall–Kier alpha value is -2.46. The summed E-state index contributed by atoms with van der Waals surface area (Å²) in [5.41, 5.74) is 0.857. The second-order valence-corrected chi connectivity index (χ2v) is 14.7. The van der Waals surface area contributed by atoms with E-state index in [1.807, 2.05) is 13.8 Å². The van der Waals surface area contributed by atoms with Crippen molar-refractivity contribution in [3.8, 4) is 0 Å². The maximum absolute atomic E-state index is 13.5. The highest BCUT2D eigenvalue weighted by Crippen LogP contribution is 2.60. The molecule has 1 aromatic heterocycles. The minimum absolute atomic E-state index is 0.0404. The third kappa shape index (κ3) is 4.00. The van der Waals surface area contributed by atoms with Crippen molar-refractivity contribution >= 4 is 27.7 Å². The molecule has 34 heavy (non-hydrogen) atoms. The molecule has 2 heterocycles. The van der Waals surface area contributed by atoms with Gasteiger partial charge in [0.05, 0.1) is 22.5 Å². The van der Waals surface area contributed by atoms with Crippen LogP contribution >= 0.6 is 10.0 Å². The number of alkyl halides is 2. The lowest BCUT2D eigenvalue weighted by Crippen LogP contribution is -2.51. The fraction of sp³-hybridized carbons (Fsp3) is 0.542. The van der Waals surface area contributed by atoms with E-state index < -0.39 is 34.2 Å². The van der Waals surface area contributed by atoms with Gasteiger partial charge in [-0.15, -0.1) is 0 Å². The third-order valence-corrected chi connectivity index (χ3v) is 10.2. The topological polar surface area (TPSA) is 87.3 Å². The normalized spacial score (nSPS) is 19.9. The van der Waals surface area contributed by atoms with E-state index in [-0.39, 0.29) is 17.2 Å². The van der Waals surface area contributed by atoms with Gasteiger partial charge in [0.1, 0.15) is 0 Å². The highest BCUT2D eigenvalue weighted by molar-refractivity contribution is 8.33. The zero-order valence-corrected chi connectivity index (χ0v) is 21.0. The molecule has 2 aliphatic rings. The Bertz CT molecular complexity index is 1080. The van der Waals surface area contributed by atoms with E-state index >= 15 is 0 Å². The van der Waals surface area contributed by atoms with Crippen molar-refractivity contribution < 1.29 is 23.1 Å². The molecule has 4 rings (SSSR count). The van der Waals surface area contributed by atoms with Gasteiger partial charge in [0, 0.05) is 5.56 Å². The highest BCUT2D eigenvalue weighted by Gasteiger charge is 2.52. The Morgan fingerprint density at radius 3 is 2.35 bits per heavy atom. The standard InChI is InChI=1S/C24H32F2N4O3S/c1-23(2)18-16(19(29-28-18)27-21(32)24(12-9-13-24)34(3,4)5)14-30(23)20(31)17(33-22(25)26)15-10-7-6-8-11-15/h6-8,10-11,17,22H,9,12-14H2,1-5H3,(H2,27,28,29,32)/t17-/m1/s1. The van der Waals surface area contributed by atoms with Crippen molar-refractivity contribution in [2.75, 3.05) is 24.1 Å². The monoisotopic (exact) mass is 494 g/mol. The number of hydrogen-bond acceptors (Lipinski definition) is 4. The Balaban J connectivity index is 1.60. The number of aromatic nitrogens is 2. The molecule has 1 atom stereocenters. The average molecular weight is 495 g/mol. The van der Waals surface area contributed by atoms with Crippen LogP contribution in [0.2, 0.25) is 0 Å². The molecule has 1 fully saturated rings. The van der Waals surface area contributed by atoms with E-state index in [0.29, 0.717) is 22.6 Å². The number of hydrogen-bond donors (Lipinski definition) is 2. The van der Waals surface area contributed by atoms with Crippen LogP contribution in [0, 0.1) is 0 Å². The van der Waals surface area contributed by atoms with Gasteiger partial charge in [-0.05, 0) is 57.4 Å². The number of fused-ring (bicyclic) bond motifs is 1. The molecule has 1 aliphatic heterocycles. The largest absolute Gasteiger partial charge is 0.346 e. The Morgan fingerprint density at radius 1 is 1.18 bits per heavy atom. The molecule has 0 spiro atoms. The summed E-state index contributed by atoms with van der Waals surface area (Å²) in [5.74, 6) is -0.223. The van der Waals surface area contributed by atoms with Gasteiger partial charge in [0.2, 0.25) is 5.91 Å². The number of nitrogens with one attached hydrogen (secondary N) is 2. The predicted octanol–water partition coefficient (Wildman–Crippen LogP) is 4.52. The zero-order valence-electron chi connectivity index (χ0n) is 20.2. The van der Waals surface area contributed by atoms with Crippen molar-refractivity contribution in [2.45, 2.75) is 62.7 Å². The van der Waals surface area contributed by atoms with Crippen LogP contribution in [0.5, 0.6) is 0 Å². The molecule has 7 nitrogen and oxygen atoms in total. The van der Waals surface area contributed by atoms with Crippen LogP contribution < -0.4 is 5.32 Å². The number of nitrogens with zero attached hydrogens (tertiary/aromatic N) is 2. The van der Waals surface area contributed by atoms with Gasteiger partial charge < -0.3 is 15.0 Å². The van der Waals surface area contributed by atoms with Crippen LogP contribution in [-0.2, 0) is 26.4 Å². The first kappa shape index (κ1) is 24.7. The van der Waals surface area contributed by atoms with Gasteiger partial charge in [-0.3, -0.25) is 14.7 Å². The first-order chi connectivity index (χ1) is 15.9. The second-order valence-electron chi connectivity index (χ2n) is 10.2. The van der Waals surface area contributed by atoms with Crippen LogP contribution in [0.25, 0.3) is 0 Å². The Morgan fingerprint density at radius 2 is 1.82 bits per heavy atom. The van der Waals surface area contributed by atoms with Crippen molar-refractivity contribution in [1.82, 2.24) is 15.1 Å². The van der Waals surface area contributed by atoms with Crippen LogP contribution in [-0.4, -0.2) is 57.0 Å². The molecule has 2 amide bonds. The highest BCUT2D eigenvalue weighted by atomic mass is 32.3. The van der Waals surface area contributed by atoms with E-state index in [4.69, 9.17) is 4.74 Å². The van der Waals surface area contributed by atoms with Crippen LogP contribution in [0.4, 0.5) is 14.6 Å². The van der Waals surface area contributed by atoms with Crippen LogP contribution in [0.15, 0.2) is 30.3 Å². The van der Waals surface area contributed by atoms with E-state index in [2.05, 4.69) is 34.3 Å². The van der Waals surface area contributed by atoms with Gasteiger partial charge in [-0.2, -0.15) is 13.9 Å². The molecule has 0 radical (unpaired) electrons.